The van der Waals surface area contributed by atoms with Crippen LogP contribution in [-0.2, 0) is 5.41 Å². The fraction of sp³-hybridized carbons (Fsp3) is 0.0732. The second-order valence-electron chi connectivity index (χ2n) is 12.4. The SMILES string of the molecule is CC1(C)C=Cc2c(-c3ccccc3-c3ccccc3)nc(-n3c4ccccc4c4ccc5c(ccn5-c5ccccc5)c43)nc21. The number of fused-ring (bicyclic) bond motifs is 6. The Morgan fingerprint density at radius 3 is 2.11 bits per heavy atom. The normalized spacial score (nSPS) is 13.6. The maximum absolute atomic E-state index is 5.47. The van der Waals surface area contributed by atoms with E-state index in [0.717, 1.165) is 50.3 Å². The summed E-state index contributed by atoms with van der Waals surface area (Å²) in [4.78, 5) is 10.9. The quantitative estimate of drug-likeness (QED) is 0.208. The molecule has 0 amide bonds. The first-order valence-corrected chi connectivity index (χ1v) is 15.4. The molecule has 4 nitrogen and oxygen atoms in total. The van der Waals surface area contributed by atoms with E-state index in [1.807, 2.05) is 0 Å². The van der Waals surface area contributed by atoms with Crippen LogP contribution in [0.5, 0.6) is 0 Å². The summed E-state index contributed by atoms with van der Waals surface area (Å²) in [5, 5.41) is 3.55. The molecule has 0 N–H and O–H groups in total. The van der Waals surface area contributed by atoms with Crippen LogP contribution in [0.1, 0.15) is 25.1 Å². The van der Waals surface area contributed by atoms with E-state index in [2.05, 4.69) is 169 Å². The van der Waals surface area contributed by atoms with Crippen LogP contribution in [0.25, 0.3) is 72.8 Å². The first kappa shape index (κ1) is 25.7. The topological polar surface area (TPSA) is 35.6 Å². The highest BCUT2D eigenvalue weighted by Gasteiger charge is 2.32. The molecule has 0 fully saturated rings. The van der Waals surface area contributed by atoms with Crippen molar-refractivity contribution in [2.75, 3.05) is 0 Å². The van der Waals surface area contributed by atoms with Crippen LogP contribution in [0.3, 0.4) is 0 Å². The summed E-state index contributed by atoms with van der Waals surface area (Å²) < 4.78 is 4.54. The van der Waals surface area contributed by atoms with Gasteiger partial charge in [-0.3, -0.25) is 4.57 Å². The number of hydrogen-bond donors (Lipinski definition) is 0. The summed E-state index contributed by atoms with van der Waals surface area (Å²) in [5.41, 5.74) is 10.8. The number of aromatic nitrogens is 4. The van der Waals surface area contributed by atoms with E-state index < -0.39 is 0 Å². The Kier molecular flexibility index (Phi) is 5.51. The summed E-state index contributed by atoms with van der Waals surface area (Å²) in [6.07, 6.45) is 6.63. The molecule has 0 saturated heterocycles. The minimum Gasteiger partial charge on any atom is -0.316 e. The van der Waals surface area contributed by atoms with Gasteiger partial charge < -0.3 is 4.57 Å². The summed E-state index contributed by atoms with van der Waals surface area (Å²) in [5.74, 6) is 0.689. The Hall–Kier alpha value is -5.74. The zero-order chi connectivity index (χ0) is 30.1. The van der Waals surface area contributed by atoms with Gasteiger partial charge in [-0.1, -0.05) is 123 Å². The smallest absolute Gasteiger partial charge is 0.235 e. The highest BCUT2D eigenvalue weighted by molar-refractivity contribution is 6.18. The van der Waals surface area contributed by atoms with Crippen molar-refractivity contribution in [3.8, 4) is 34.0 Å². The molecule has 1 aliphatic carbocycles. The molecule has 0 aliphatic heterocycles. The Balaban J connectivity index is 1.38. The summed E-state index contributed by atoms with van der Waals surface area (Å²) in [6, 6.07) is 45.0. The van der Waals surface area contributed by atoms with E-state index in [4.69, 9.17) is 9.97 Å². The van der Waals surface area contributed by atoms with Crippen molar-refractivity contribution in [1.82, 2.24) is 19.1 Å². The van der Waals surface area contributed by atoms with Crippen molar-refractivity contribution < 1.29 is 0 Å². The summed E-state index contributed by atoms with van der Waals surface area (Å²) in [6.45, 7) is 4.48. The second kappa shape index (κ2) is 9.63. The van der Waals surface area contributed by atoms with Gasteiger partial charge in [-0.2, -0.15) is 0 Å². The van der Waals surface area contributed by atoms with Gasteiger partial charge in [-0.05, 0) is 41.5 Å². The molecule has 3 heterocycles. The van der Waals surface area contributed by atoms with E-state index in [1.54, 1.807) is 0 Å². The van der Waals surface area contributed by atoms with Crippen molar-refractivity contribution in [2.45, 2.75) is 19.3 Å². The predicted octanol–water partition coefficient (Wildman–Crippen LogP) is 10.2. The molecular weight excluding hydrogens is 548 g/mol. The van der Waals surface area contributed by atoms with Crippen molar-refractivity contribution >= 4 is 38.8 Å². The van der Waals surface area contributed by atoms with Gasteiger partial charge in [0.25, 0.3) is 0 Å². The molecule has 0 bridgehead atoms. The van der Waals surface area contributed by atoms with Crippen molar-refractivity contribution in [2.24, 2.45) is 0 Å². The number of para-hydroxylation sites is 2. The Morgan fingerprint density at radius 1 is 0.578 bits per heavy atom. The Morgan fingerprint density at radius 2 is 1.29 bits per heavy atom. The highest BCUT2D eigenvalue weighted by Crippen LogP contribution is 2.43. The minimum absolute atomic E-state index is 0.228. The van der Waals surface area contributed by atoms with Gasteiger partial charge >= 0.3 is 0 Å². The zero-order valence-electron chi connectivity index (χ0n) is 25.1. The molecule has 0 unspecified atom stereocenters. The predicted molar refractivity (Wildman–Crippen MR) is 186 cm³/mol. The largest absolute Gasteiger partial charge is 0.316 e. The lowest BCUT2D eigenvalue weighted by atomic mass is 9.90. The number of allylic oxidation sites excluding steroid dienone is 1. The molecule has 5 aromatic carbocycles. The highest BCUT2D eigenvalue weighted by atomic mass is 15.2. The lowest BCUT2D eigenvalue weighted by molar-refractivity contribution is 0.651. The lowest BCUT2D eigenvalue weighted by Crippen LogP contribution is -2.17. The Bertz CT molecular complexity index is 2440. The average molecular weight is 579 g/mol. The fourth-order valence-electron chi connectivity index (χ4n) is 7.04. The third-order valence-electron chi connectivity index (χ3n) is 9.21. The van der Waals surface area contributed by atoms with E-state index in [1.165, 1.54) is 21.7 Å². The molecule has 0 atom stereocenters. The van der Waals surface area contributed by atoms with Gasteiger partial charge in [0.1, 0.15) is 0 Å². The van der Waals surface area contributed by atoms with Gasteiger partial charge in [-0.25, -0.2) is 9.97 Å². The molecule has 0 saturated carbocycles. The van der Waals surface area contributed by atoms with Gasteiger partial charge in [0.05, 0.1) is 27.9 Å². The molecule has 3 aromatic heterocycles. The fourth-order valence-corrected chi connectivity index (χ4v) is 7.04. The van der Waals surface area contributed by atoms with Crippen LogP contribution in [0.2, 0.25) is 0 Å². The maximum atomic E-state index is 5.47. The standard InChI is InChI=1S/C41H30N4/c1-41(2)25-23-34-37(31-19-10-9-17-29(31)27-13-5-3-6-14-27)42-40(43-39(34)41)45-36-20-12-11-18-30(36)32-21-22-35-33(38(32)45)24-26-44(35)28-15-7-4-8-16-28/h3-26H,1-2H3. The monoisotopic (exact) mass is 578 g/mol. The molecule has 0 spiro atoms. The van der Waals surface area contributed by atoms with Crippen molar-refractivity contribution in [3.63, 3.8) is 0 Å². The number of rotatable bonds is 4. The molecular formula is C41H30N4. The number of hydrogen-bond acceptors (Lipinski definition) is 2. The van der Waals surface area contributed by atoms with Crippen molar-refractivity contribution in [1.29, 1.82) is 0 Å². The van der Waals surface area contributed by atoms with Gasteiger partial charge in [0.2, 0.25) is 5.95 Å². The van der Waals surface area contributed by atoms with Crippen LogP contribution in [0.4, 0.5) is 0 Å². The van der Waals surface area contributed by atoms with Crippen LogP contribution in [0, 0.1) is 0 Å². The third-order valence-corrected chi connectivity index (χ3v) is 9.21. The molecule has 45 heavy (non-hydrogen) atoms. The molecule has 1 aliphatic rings. The van der Waals surface area contributed by atoms with Crippen LogP contribution >= 0.6 is 0 Å². The molecule has 4 heteroatoms. The second-order valence-corrected chi connectivity index (χ2v) is 12.4. The molecule has 8 aromatic rings. The number of nitrogens with zero attached hydrogens (tertiary/aromatic N) is 4. The zero-order valence-corrected chi connectivity index (χ0v) is 25.1. The number of benzene rings is 5. The van der Waals surface area contributed by atoms with Crippen molar-refractivity contribution in [3.05, 3.63) is 151 Å². The molecule has 9 rings (SSSR count). The van der Waals surface area contributed by atoms with Crippen LogP contribution < -0.4 is 0 Å². The first-order valence-electron chi connectivity index (χ1n) is 15.4. The minimum atomic E-state index is -0.228. The van der Waals surface area contributed by atoms with Gasteiger partial charge in [0.15, 0.2) is 0 Å². The Labute approximate surface area is 261 Å². The summed E-state index contributed by atoms with van der Waals surface area (Å²) in [7, 11) is 0. The maximum Gasteiger partial charge on any atom is 0.235 e. The van der Waals surface area contributed by atoms with Crippen LogP contribution in [-0.4, -0.2) is 19.1 Å². The van der Waals surface area contributed by atoms with Crippen LogP contribution in [0.15, 0.2) is 140 Å². The molecule has 214 valence electrons. The molecule has 0 radical (unpaired) electrons. The van der Waals surface area contributed by atoms with E-state index in [9.17, 15) is 0 Å². The first-order chi connectivity index (χ1) is 22.1. The summed E-state index contributed by atoms with van der Waals surface area (Å²) >= 11 is 0. The third kappa shape index (κ3) is 3.85. The van der Waals surface area contributed by atoms with E-state index in [-0.39, 0.29) is 5.41 Å². The van der Waals surface area contributed by atoms with Gasteiger partial charge in [0, 0.05) is 44.6 Å². The van der Waals surface area contributed by atoms with Gasteiger partial charge in [-0.15, -0.1) is 0 Å². The lowest BCUT2D eigenvalue weighted by Gasteiger charge is -2.20. The van der Waals surface area contributed by atoms with E-state index in [0.29, 0.717) is 5.95 Å². The average Bonchev–Trinajstić information content (AvgIpc) is 3.76. The van der Waals surface area contributed by atoms with E-state index >= 15 is 0 Å².